The first-order valence-corrected chi connectivity index (χ1v) is 6.12. The lowest BCUT2D eigenvalue weighted by atomic mass is 10.1. The number of imidazole rings is 1. The largest absolute Gasteiger partial charge is 0.416 e. The Bertz CT molecular complexity index is 738. The van der Waals surface area contributed by atoms with Crippen LogP contribution < -0.4 is 5.69 Å². The van der Waals surface area contributed by atoms with Gasteiger partial charge in [0.2, 0.25) is 0 Å². The molecule has 1 aromatic carbocycles. The Labute approximate surface area is 112 Å². The molecule has 1 aromatic heterocycles. The van der Waals surface area contributed by atoms with E-state index in [1.54, 1.807) is 7.05 Å². The summed E-state index contributed by atoms with van der Waals surface area (Å²) in [5.41, 5.74) is -0.787. The summed E-state index contributed by atoms with van der Waals surface area (Å²) in [5.74, 6) is 0. The van der Waals surface area contributed by atoms with Crippen molar-refractivity contribution < 1.29 is 17.9 Å². The maximum Gasteiger partial charge on any atom is 0.416 e. The van der Waals surface area contributed by atoms with E-state index in [1.807, 2.05) is 6.92 Å². The topological polar surface area (TPSA) is 39.5 Å². The highest BCUT2D eigenvalue weighted by Gasteiger charge is 2.40. The molecule has 20 heavy (non-hydrogen) atoms. The van der Waals surface area contributed by atoms with Crippen LogP contribution in [0.25, 0.3) is 11.0 Å². The quantitative estimate of drug-likeness (QED) is 0.794. The molecule has 1 aliphatic heterocycles. The molecule has 4 nitrogen and oxygen atoms in total. The number of hydrogen-bond donors (Lipinski definition) is 0. The van der Waals surface area contributed by atoms with Crippen LogP contribution in [0.5, 0.6) is 0 Å². The van der Waals surface area contributed by atoms with Crippen LogP contribution in [0.3, 0.4) is 0 Å². The van der Waals surface area contributed by atoms with Crippen molar-refractivity contribution >= 4 is 11.0 Å². The summed E-state index contributed by atoms with van der Waals surface area (Å²) in [7, 11) is 1.55. The number of ether oxygens (including phenoxy) is 1. The SMILES string of the molecule is Cn1c(=O)n(CC2(C)CO2)c2cc(C(F)(F)F)ccc21. The Morgan fingerprint density at radius 2 is 2.00 bits per heavy atom. The van der Waals surface area contributed by atoms with Crippen molar-refractivity contribution in [3.63, 3.8) is 0 Å². The third-order valence-electron chi connectivity index (χ3n) is 3.60. The molecule has 1 atom stereocenters. The van der Waals surface area contributed by atoms with Crippen LogP contribution in [0.1, 0.15) is 12.5 Å². The fraction of sp³-hybridized carbons (Fsp3) is 0.462. The van der Waals surface area contributed by atoms with Crippen molar-refractivity contribution in [3.05, 3.63) is 34.2 Å². The van der Waals surface area contributed by atoms with E-state index in [1.165, 1.54) is 15.2 Å². The lowest BCUT2D eigenvalue weighted by Crippen LogP contribution is -2.27. The van der Waals surface area contributed by atoms with Gasteiger partial charge in [0.25, 0.3) is 0 Å². The third-order valence-corrected chi connectivity index (χ3v) is 3.60. The maximum atomic E-state index is 12.8. The van der Waals surface area contributed by atoms with Gasteiger partial charge in [-0.2, -0.15) is 13.2 Å². The number of benzene rings is 1. The minimum absolute atomic E-state index is 0.254. The average molecular weight is 286 g/mol. The summed E-state index contributed by atoms with van der Waals surface area (Å²) in [6.07, 6.45) is -4.43. The predicted octanol–water partition coefficient (Wildman–Crippen LogP) is 2.15. The van der Waals surface area contributed by atoms with Crippen molar-refractivity contribution in [2.75, 3.05) is 6.61 Å². The first-order chi connectivity index (χ1) is 9.21. The second kappa shape index (κ2) is 3.88. The predicted molar refractivity (Wildman–Crippen MR) is 66.5 cm³/mol. The summed E-state index contributed by atoms with van der Waals surface area (Å²) >= 11 is 0. The second-order valence-corrected chi connectivity index (χ2v) is 5.37. The number of alkyl halides is 3. The number of fused-ring (bicyclic) bond motifs is 1. The number of rotatable bonds is 2. The second-order valence-electron chi connectivity index (χ2n) is 5.37. The molecule has 0 saturated carbocycles. The van der Waals surface area contributed by atoms with E-state index in [-0.39, 0.29) is 17.8 Å². The number of epoxide rings is 1. The lowest BCUT2D eigenvalue weighted by Gasteiger charge is -2.09. The lowest BCUT2D eigenvalue weighted by molar-refractivity contribution is -0.137. The Kier molecular flexibility index (Phi) is 2.57. The number of halogens is 3. The zero-order valence-corrected chi connectivity index (χ0v) is 11.0. The molecule has 1 saturated heterocycles. The molecular formula is C13H13F3N2O2. The third kappa shape index (κ3) is 2.02. The summed E-state index contributed by atoms with van der Waals surface area (Å²) in [6, 6.07) is 3.33. The van der Waals surface area contributed by atoms with Crippen molar-refractivity contribution in [2.24, 2.45) is 7.05 Å². The molecule has 0 amide bonds. The van der Waals surface area contributed by atoms with E-state index in [2.05, 4.69) is 0 Å². The molecule has 2 heterocycles. The van der Waals surface area contributed by atoms with Gasteiger partial charge in [-0.05, 0) is 25.1 Å². The van der Waals surface area contributed by atoms with Crippen LogP contribution >= 0.6 is 0 Å². The van der Waals surface area contributed by atoms with E-state index in [4.69, 9.17) is 4.74 Å². The van der Waals surface area contributed by atoms with Gasteiger partial charge in [-0.3, -0.25) is 9.13 Å². The monoisotopic (exact) mass is 286 g/mol. The molecule has 3 rings (SSSR count). The fourth-order valence-electron chi connectivity index (χ4n) is 2.29. The summed E-state index contributed by atoms with van der Waals surface area (Å²) in [6.45, 7) is 2.59. The maximum absolute atomic E-state index is 12.8. The normalized spacial score (nSPS) is 22.4. The van der Waals surface area contributed by atoms with E-state index < -0.39 is 17.3 Å². The first kappa shape index (κ1) is 13.2. The van der Waals surface area contributed by atoms with Gasteiger partial charge in [-0.25, -0.2) is 4.79 Å². The van der Waals surface area contributed by atoms with Gasteiger partial charge in [0, 0.05) is 7.05 Å². The fourth-order valence-corrected chi connectivity index (χ4v) is 2.29. The molecule has 0 spiro atoms. The summed E-state index contributed by atoms with van der Waals surface area (Å²) < 4.78 is 46.3. The van der Waals surface area contributed by atoms with Crippen LogP contribution in [0.4, 0.5) is 13.2 Å². The average Bonchev–Trinajstić information content (AvgIpc) is 3.05. The molecule has 1 unspecified atom stereocenters. The Morgan fingerprint density at radius 3 is 2.55 bits per heavy atom. The molecule has 0 bridgehead atoms. The summed E-state index contributed by atoms with van der Waals surface area (Å²) in [5, 5.41) is 0. The van der Waals surface area contributed by atoms with Gasteiger partial charge in [0.05, 0.1) is 29.7 Å². The molecular weight excluding hydrogens is 273 g/mol. The van der Waals surface area contributed by atoms with Gasteiger partial charge < -0.3 is 4.74 Å². The minimum Gasteiger partial charge on any atom is -0.368 e. The zero-order chi connectivity index (χ0) is 14.7. The molecule has 0 radical (unpaired) electrons. The van der Waals surface area contributed by atoms with Crippen molar-refractivity contribution in [3.8, 4) is 0 Å². The van der Waals surface area contributed by atoms with Crippen LogP contribution in [-0.4, -0.2) is 21.3 Å². The first-order valence-electron chi connectivity index (χ1n) is 6.12. The number of hydrogen-bond acceptors (Lipinski definition) is 2. The minimum atomic E-state index is -4.43. The number of nitrogens with zero attached hydrogens (tertiary/aromatic N) is 2. The van der Waals surface area contributed by atoms with Crippen molar-refractivity contribution in [1.82, 2.24) is 9.13 Å². The highest BCUT2D eigenvalue weighted by atomic mass is 19.4. The number of aromatic nitrogens is 2. The highest BCUT2D eigenvalue weighted by Crippen LogP contribution is 2.33. The van der Waals surface area contributed by atoms with Crippen LogP contribution in [0.15, 0.2) is 23.0 Å². The molecule has 108 valence electrons. The van der Waals surface area contributed by atoms with Crippen LogP contribution in [-0.2, 0) is 24.5 Å². The van der Waals surface area contributed by atoms with E-state index in [9.17, 15) is 18.0 Å². The smallest absolute Gasteiger partial charge is 0.368 e. The van der Waals surface area contributed by atoms with Gasteiger partial charge in [0.1, 0.15) is 5.60 Å². The van der Waals surface area contributed by atoms with Gasteiger partial charge >= 0.3 is 11.9 Å². The molecule has 0 aliphatic carbocycles. The van der Waals surface area contributed by atoms with E-state index >= 15 is 0 Å². The van der Waals surface area contributed by atoms with E-state index in [0.29, 0.717) is 12.1 Å². The molecule has 0 N–H and O–H groups in total. The molecule has 7 heteroatoms. The number of aryl methyl sites for hydroxylation is 1. The highest BCUT2D eigenvalue weighted by molar-refractivity contribution is 5.77. The Morgan fingerprint density at radius 1 is 1.35 bits per heavy atom. The molecule has 1 aliphatic rings. The Hall–Kier alpha value is -1.76. The van der Waals surface area contributed by atoms with Gasteiger partial charge in [-0.15, -0.1) is 0 Å². The van der Waals surface area contributed by atoms with Crippen molar-refractivity contribution in [1.29, 1.82) is 0 Å². The molecule has 1 fully saturated rings. The summed E-state index contributed by atoms with van der Waals surface area (Å²) in [4.78, 5) is 12.1. The van der Waals surface area contributed by atoms with Crippen LogP contribution in [0.2, 0.25) is 0 Å². The van der Waals surface area contributed by atoms with Crippen LogP contribution in [0, 0.1) is 0 Å². The van der Waals surface area contributed by atoms with Crippen molar-refractivity contribution in [2.45, 2.75) is 25.2 Å². The standard InChI is InChI=1S/C13H13F3N2O2/c1-12(7-20-12)6-18-10-5-8(13(14,15)16)3-4-9(10)17(2)11(18)19/h3-5H,6-7H2,1-2H3. The molecule has 2 aromatic rings. The van der Waals surface area contributed by atoms with E-state index in [0.717, 1.165) is 12.1 Å². The van der Waals surface area contributed by atoms with Gasteiger partial charge in [0.15, 0.2) is 0 Å². The zero-order valence-electron chi connectivity index (χ0n) is 11.0. The Balaban J connectivity index is 2.21. The van der Waals surface area contributed by atoms with Gasteiger partial charge in [-0.1, -0.05) is 0 Å².